The van der Waals surface area contributed by atoms with Gasteiger partial charge in [-0.05, 0) is 67.1 Å². The molecule has 1 saturated heterocycles. The third-order valence-electron chi connectivity index (χ3n) is 7.35. The highest BCUT2D eigenvalue weighted by atomic mass is 16.5. The summed E-state index contributed by atoms with van der Waals surface area (Å²) in [6, 6.07) is 18.0. The molecular formula is C34H39NO6. The van der Waals surface area contributed by atoms with Crippen LogP contribution in [0.4, 0.5) is 0 Å². The Balaban J connectivity index is 1.80. The third kappa shape index (κ3) is 6.09. The van der Waals surface area contributed by atoms with E-state index in [0.29, 0.717) is 30.1 Å². The lowest BCUT2D eigenvalue weighted by Crippen LogP contribution is -2.31. The van der Waals surface area contributed by atoms with Gasteiger partial charge in [-0.2, -0.15) is 0 Å². The second-order valence-corrected chi connectivity index (χ2v) is 11.2. The molecule has 0 spiro atoms. The number of nitrogens with zero attached hydrogens (tertiary/aromatic N) is 1. The van der Waals surface area contributed by atoms with Crippen LogP contribution in [-0.4, -0.2) is 49.1 Å². The van der Waals surface area contributed by atoms with Crippen LogP contribution in [0.25, 0.3) is 5.76 Å². The van der Waals surface area contributed by atoms with Crippen LogP contribution in [0.15, 0.2) is 66.2 Å². The quantitative estimate of drug-likeness (QED) is 0.187. The van der Waals surface area contributed by atoms with Crippen molar-refractivity contribution in [3.8, 4) is 17.2 Å². The molecule has 3 aromatic carbocycles. The molecule has 1 amide bonds. The van der Waals surface area contributed by atoms with Gasteiger partial charge < -0.3 is 24.2 Å². The fourth-order valence-corrected chi connectivity index (χ4v) is 5.28. The summed E-state index contributed by atoms with van der Waals surface area (Å²) in [5, 5.41) is 11.7. The molecule has 1 aliphatic heterocycles. The Labute approximate surface area is 242 Å². The van der Waals surface area contributed by atoms with Crippen molar-refractivity contribution in [3.05, 3.63) is 94.1 Å². The number of likely N-dealkylation sites (tertiary alicyclic amines) is 1. The van der Waals surface area contributed by atoms with Crippen LogP contribution in [0, 0.1) is 6.92 Å². The van der Waals surface area contributed by atoms with Crippen LogP contribution in [0.3, 0.4) is 0 Å². The molecule has 1 heterocycles. The predicted molar refractivity (Wildman–Crippen MR) is 160 cm³/mol. The molecule has 0 radical (unpaired) electrons. The van der Waals surface area contributed by atoms with Crippen molar-refractivity contribution in [2.75, 3.05) is 27.4 Å². The normalized spacial score (nSPS) is 16.7. The number of ketones is 1. The second kappa shape index (κ2) is 12.1. The molecule has 7 heteroatoms. The van der Waals surface area contributed by atoms with Crippen LogP contribution in [0.1, 0.15) is 61.6 Å². The highest BCUT2D eigenvalue weighted by molar-refractivity contribution is 6.46. The van der Waals surface area contributed by atoms with Crippen molar-refractivity contribution in [3.63, 3.8) is 0 Å². The first-order chi connectivity index (χ1) is 19.5. The summed E-state index contributed by atoms with van der Waals surface area (Å²) in [5.74, 6) is 0.390. The number of aliphatic hydroxyl groups excluding tert-OH is 1. The van der Waals surface area contributed by atoms with E-state index in [1.807, 2.05) is 68.4 Å². The predicted octanol–water partition coefficient (Wildman–Crippen LogP) is 6.37. The highest BCUT2D eigenvalue weighted by Gasteiger charge is 2.46. The Bertz CT molecular complexity index is 1480. The number of aryl methyl sites for hydroxylation is 1. The minimum Gasteiger partial charge on any atom is -0.507 e. The lowest BCUT2D eigenvalue weighted by atomic mass is 9.84. The summed E-state index contributed by atoms with van der Waals surface area (Å²) in [7, 11) is 3.15. The van der Waals surface area contributed by atoms with E-state index in [2.05, 4.69) is 20.8 Å². The first-order valence-electron chi connectivity index (χ1n) is 13.8. The van der Waals surface area contributed by atoms with Gasteiger partial charge in [0.05, 0.1) is 32.4 Å². The smallest absolute Gasteiger partial charge is 0.295 e. The van der Waals surface area contributed by atoms with E-state index < -0.39 is 17.7 Å². The van der Waals surface area contributed by atoms with Crippen LogP contribution in [-0.2, 0) is 21.4 Å². The van der Waals surface area contributed by atoms with Gasteiger partial charge in [-0.1, -0.05) is 56.7 Å². The number of methoxy groups -OCH3 is 2. The number of benzene rings is 3. The lowest BCUT2D eigenvalue weighted by molar-refractivity contribution is -0.139. The Hall–Kier alpha value is -4.26. The topological polar surface area (TPSA) is 85.3 Å². The molecule has 1 fully saturated rings. The van der Waals surface area contributed by atoms with E-state index in [1.165, 1.54) is 0 Å². The number of ether oxygens (including phenoxy) is 3. The third-order valence-corrected chi connectivity index (χ3v) is 7.35. The first kappa shape index (κ1) is 29.7. The van der Waals surface area contributed by atoms with E-state index in [1.54, 1.807) is 25.2 Å². The summed E-state index contributed by atoms with van der Waals surface area (Å²) in [6.07, 6.45) is 0.479. The van der Waals surface area contributed by atoms with Crippen molar-refractivity contribution in [2.45, 2.75) is 52.5 Å². The SMILES string of the molecule is CCOc1ccc(/C(O)=C2/C(=O)C(=O)N(CCc3ccc(OC)c(OC)c3)C2c2cccc(C)c2)cc1C(C)(C)C. The lowest BCUT2D eigenvalue weighted by Gasteiger charge is -2.26. The number of aliphatic hydroxyl groups is 1. The zero-order valence-electron chi connectivity index (χ0n) is 24.9. The molecule has 0 bridgehead atoms. The van der Waals surface area contributed by atoms with Gasteiger partial charge in [-0.3, -0.25) is 9.59 Å². The molecule has 0 saturated carbocycles. The minimum absolute atomic E-state index is 0.0805. The van der Waals surface area contributed by atoms with E-state index >= 15 is 0 Å². The van der Waals surface area contributed by atoms with Gasteiger partial charge in [0, 0.05) is 17.7 Å². The maximum Gasteiger partial charge on any atom is 0.295 e. The fourth-order valence-electron chi connectivity index (χ4n) is 5.28. The average Bonchev–Trinajstić information content (AvgIpc) is 3.20. The molecule has 1 atom stereocenters. The number of Topliss-reactive ketones (excluding diaryl/α,β-unsaturated/α-hetero) is 1. The second-order valence-electron chi connectivity index (χ2n) is 11.2. The minimum atomic E-state index is -0.736. The number of hydrogen-bond acceptors (Lipinski definition) is 6. The van der Waals surface area contributed by atoms with E-state index in [4.69, 9.17) is 14.2 Å². The maximum atomic E-state index is 13.6. The van der Waals surface area contributed by atoms with Gasteiger partial charge >= 0.3 is 0 Å². The molecule has 4 rings (SSSR count). The molecule has 0 aromatic heterocycles. The van der Waals surface area contributed by atoms with Gasteiger partial charge in [0.2, 0.25) is 0 Å². The maximum absolute atomic E-state index is 13.6. The molecule has 1 N–H and O–H groups in total. The van der Waals surface area contributed by atoms with Gasteiger partial charge in [-0.15, -0.1) is 0 Å². The van der Waals surface area contributed by atoms with Gasteiger partial charge in [0.1, 0.15) is 11.5 Å². The van der Waals surface area contributed by atoms with Gasteiger partial charge in [-0.25, -0.2) is 0 Å². The van der Waals surface area contributed by atoms with Crippen LogP contribution >= 0.6 is 0 Å². The van der Waals surface area contributed by atoms with Crippen LogP contribution < -0.4 is 14.2 Å². The van der Waals surface area contributed by atoms with Gasteiger partial charge in [0.25, 0.3) is 11.7 Å². The molecule has 216 valence electrons. The highest BCUT2D eigenvalue weighted by Crippen LogP contribution is 2.41. The first-order valence-corrected chi connectivity index (χ1v) is 13.8. The number of rotatable bonds is 9. The zero-order valence-corrected chi connectivity index (χ0v) is 24.9. The van der Waals surface area contributed by atoms with Crippen molar-refractivity contribution in [1.29, 1.82) is 0 Å². The zero-order chi connectivity index (χ0) is 29.9. The van der Waals surface area contributed by atoms with Crippen LogP contribution in [0.5, 0.6) is 17.2 Å². The Morgan fingerprint density at radius 2 is 1.63 bits per heavy atom. The van der Waals surface area contributed by atoms with Crippen molar-refractivity contribution < 1.29 is 28.9 Å². The monoisotopic (exact) mass is 557 g/mol. The Morgan fingerprint density at radius 3 is 2.27 bits per heavy atom. The summed E-state index contributed by atoms with van der Waals surface area (Å²) in [6.45, 7) is 10.9. The molecule has 1 unspecified atom stereocenters. The Morgan fingerprint density at radius 1 is 0.927 bits per heavy atom. The number of hydrogen-bond donors (Lipinski definition) is 1. The van der Waals surface area contributed by atoms with Crippen LogP contribution in [0.2, 0.25) is 0 Å². The molecule has 0 aliphatic carbocycles. The standard InChI is InChI=1S/C34H39NO6/c1-8-41-26-15-13-24(20-25(26)34(3,4)5)31(36)29-30(23-11-9-10-21(2)18-23)35(33(38)32(29)37)17-16-22-12-14-27(39-6)28(19-22)40-7/h9-15,18-20,30,36H,8,16-17H2,1-7H3/b31-29-. The largest absolute Gasteiger partial charge is 0.507 e. The summed E-state index contributed by atoms with van der Waals surface area (Å²) in [4.78, 5) is 28.6. The number of amides is 1. The summed E-state index contributed by atoms with van der Waals surface area (Å²) in [5.41, 5.74) is 3.85. The van der Waals surface area contributed by atoms with E-state index in [9.17, 15) is 14.7 Å². The number of carbonyl (C=O) groups is 2. The number of carbonyl (C=O) groups excluding carboxylic acids is 2. The van der Waals surface area contributed by atoms with Crippen molar-refractivity contribution in [1.82, 2.24) is 4.90 Å². The summed E-state index contributed by atoms with van der Waals surface area (Å²) < 4.78 is 16.6. The van der Waals surface area contributed by atoms with Crippen molar-refractivity contribution >= 4 is 17.4 Å². The average molecular weight is 558 g/mol. The molecule has 3 aromatic rings. The molecule has 7 nitrogen and oxygen atoms in total. The summed E-state index contributed by atoms with van der Waals surface area (Å²) >= 11 is 0. The molecule has 41 heavy (non-hydrogen) atoms. The van der Waals surface area contributed by atoms with Crippen molar-refractivity contribution in [2.24, 2.45) is 0 Å². The van der Waals surface area contributed by atoms with E-state index in [-0.39, 0.29) is 23.3 Å². The molecule has 1 aliphatic rings. The Kier molecular flexibility index (Phi) is 8.76. The van der Waals surface area contributed by atoms with E-state index in [0.717, 1.165) is 28.0 Å². The molecular weight excluding hydrogens is 518 g/mol. The fraction of sp³-hybridized carbons (Fsp3) is 0.353. The van der Waals surface area contributed by atoms with Gasteiger partial charge in [0.15, 0.2) is 11.5 Å².